The van der Waals surface area contributed by atoms with Gasteiger partial charge in [0.15, 0.2) is 0 Å². The Labute approximate surface area is 106 Å². The molecule has 1 fully saturated rings. The van der Waals surface area contributed by atoms with Gasteiger partial charge in [-0.2, -0.15) is 0 Å². The van der Waals surface area contributed by atoms with E-state index in [4.69, 9.17) is 0 Å². The van der Waals surface area contributed by atoms with E-state index in [1.165, 1.54) is 6.42 Å². The Hall–Kier alpha value is -0.570. The van der Waals surface area contributed by atoms with Gasteiger partial charge in [-0.05, 0) is 39.5 Å². The third kappa shape index (κ3) is 5.07. The molecule has 3 heteroatoms. The average Bonchev–Trinajstić information content (AvgIpc) is 2.24. The molecule has 3 nitrogen and oxygen atoms in total. The molecule has 1 heterocycles. The lowest BCUT2D eigenvalue weighted by atomic mass is 9.95. The summed E-state index contributed by atoms with van der Waals surface area (Å²) in [4.78, 5) is 14.0. The van der Waals surface area contributed by atoms with E-state index in [0.29, 0.717) is 11.8 Å². The highest BCUT2D eigenvalue weighted by Crippen LogP contribution is 2.18. The number of hydrogen-bond donors (Lipinski definition) is 1. The molecule has 1 amide bonds. The molecule has 0 spiro atoms. The molecular formula is C14H28N2O. The molecule has 0 unspecified atom stereocenters. The van der Waals surface area contributed by atoms with E-state index in [1.807, 2.05) is 18.7 Å². The van der Waals surface area contributed by atoms with Crippen molar-refractivity contribution >= 4 is 5.91 Å². The fourth-order valence-corrected chi connectivity index (χ4v) is 2.25. The van der Waals surface area contributed by atoms with E-state index in [9.17, 15) is 4.79 Å². The molecule has 1 atom stereocenters. The van der Waals surface area contributed by atoms with Crippen molar-refractivity contribution in [3.8, 4) is 0 Å². The minimum Gasteiger partial charge on any atom is -0.342 e. The van der Waals surface area contributed by atoms with Gasteiger partial charge in [0.05, 0.1) is 0 Å². The summed E-state index contributed by atoms with van der Waals surface area (Å²) in [6.45, 7) is 13.4. The molecule has 0 saturated carbocycles. The maximum Gasteiger partial charge on any atom is 0.225 e. The molecule has 0 bridgehead atoms. The average molecular weight is 240 g/mol. The molecule has 0 aromatic rings. The predicted octanol–water partition coefficient (Wildman–Crippen LogP) is 2.27. The smallest absolute Gasteiger partial charge is 0.225 e. The maximum atomic E-state index is 12.0. The maximum absolute atomic E-state index is 12.0. The fourth-order valence-electron chi connectivity index (χ4n) is 2.25. The van der Waals surface area contributed by atoms with Crippen LogP contribution in [-0.2, 0) is 4.79 Å². The standard InChI is InChI=1S/C14H28N2O/c1-11(2)13(17)16-8-6-7-12(10-16)9-15-14(3,4)5/h11-12,15H,6-10H2,1-5H3/t12-/m0/s1. The lowest BCUT2D eigenvalue weighted by molar-refractivity contribution is -0.136. The molecule has 1 N–H and O–H groups in total. The molecular weight excluding hydrogens is 212 g/mol. The summed E-state index contributed by atoms with van der Waals surface area (Å²) < 4.78 is 0. The van der Waals surface area contributed by atoms with Crippen LogP contribution in [-0.4, -0.2) is 36.0 Å². The quantitative estimate of drug-likeness (QED) is 0.821. The molecule has 1 rings (SSSR count). The second kappa shape index (κ2) is 5.85. The first-order valence-electron chi connectivity index (χ1n) is 6.83. The second-order valence-corrected chi connectivity index (χ2v) is 6.58. The first-order valence-corrected chi connectivity index (χ1v) is 6.83. The van der Waals surface area contributed by atoms with E-state index in [2.05, 4.69) is 26.1 Å². The third-order valence-electron chi connectivity index (χ3n) is 3.25. The Kier molecular flexibility index (Phi) is 4.99. The van der Waals surface area contributed by atoms with Crippen LogP contribution in [0.5, 0.6) is 0 Å². The van der Waals surface area contributed by atoms with E-state index >= 15 is 0 Å². The highest BCUT2D eigenvalue weighted by atomic mass is 16.2. The van der Waals surface area contributed by atoms with Gasteiger partial charge in [0.2, 0.25) is 5.91 Å². The van der Waals surface area contributed by atoms with Gasteiger partial charge in [-0.25, -0.2) is 0 Å². The van der Waals surface area contributed by atoms with Crippen LogP contribution in [0.4, 0.5) is 0 Å². The van der Waals surface area contributed by atoms with Gasteiger partial charge in [0.1, 0.15) is 0 Å². The van der Waals surface area contributed by atoms with Crippen LogP contribution in [0.3, 0.4) is 0 Å². The van der Waals surface area contributed by atoms with Crippen LogP contribution >= 0.6 is 0 Å². The Morgan fingerprint density at radius 2 is 2.06 bits per heavy atom. The van der Waals surface area contributed by atoms with Crippen molar-refractivity contribution in [1.29, 1.82) is 0 Å². The number of carbonyl (C=O) groups excluding carboxylic acids is 1. The topological polar surface area (TPSA) is 32.3 Å². The zero-order valence-corrected chi connectivity index (χ0v) is 12.0. The van der Waals surface area contributed by atoms with E-state index < -0.39 is 0 Å². The Morgan fingerprint density at radius 1 is 1.41 bits per heavy atom. The molecule has 100 valence electrons. The predicted molar refractivity (Wildman–Crippen MR) is 71.9 cm³/mol. The molecule has 0 aromatic carbocycles. The van der Waals surface area contributed by atoms with E-state index in [1.54, 1.807) is 0 Å². The highest BCUT2D eigenvalue weighted by molar-refractivity contribution is 5.78. The second-order valence-electron chi connectivity index (χ2n) is 6.58. The molecule has 0 radical (unpaired) electrons. The van der Waals surface area contributed by atoms with Crippen LogP contribution < -0.4 is 5.32 Å². The summed E-state index contributed by atoms with van der Waals surface area (Å²) in [6, 6.07) is 0. The number of nitrogens with zero attached hydrogens (tertiary/aromatic N) is 1. The number of hydrogen-bond acceptors (Lipinski definition) is 2. The normalized spacial score (nSPS) is 22.0. The molecule has 17 heavy (non-hydrogen) atoms. The van der Waals surface area contributed by atoms with Crippen molar-refractivity contribution in [2.24, 2.45) is 11.8 Å². The molecule has 0 aliphatic carbocycles. The van der Waals surface area contributed by atoms with Crippen molar-refractivity contribution in [2.75, 3.05) is 19.6 Å². The first kappa shape index (κ1) is 14.5. The van der Waals surface area contributed by atoms with Gasteiger partial charge in [-0.1, -0.05) is 13.8 Å². The third-order valence-corrected chi connectivity index (χ3v) is 3.25. The van der Waals surface area contributed by atoms with Gasteiger partial charge in [0, 0.05) is 31.1 Å². The lowest BCUT2D eigenvalue weighted by Gasteiger charge is -2.35. The monoisotopic (exact) mass is 240 g/mol. The van der Waals surface area contributed by atoms with Crippen molar-refractivity contribution in [3.63, 3.8) is 0 Å². The van der Waals surface area contributed by atoms with Gasteiger partial charge >= 0.3 is 0 Å². The van der Waals surface area contributed by atoms with Crippen molar-refractivity contribution in [1.82, 2.24) is 10.2 Å². The minimum atomic E-state index is 0.129. The SMILES string of the molecule is CC(C)C(=O)N1CCC[C@@H](CNC(C)(C)C)C1. The van der Waals surface area contributed by atoms with Crippen molar-refractivity contribution in [2.45, 2.75) is 53.0 Å². The number of nitrogens with one attached hydrogen (secondary N) is 1. The van der Waals surface area contributed by atoms with Gasteiger partial charge in [-0.15, -0.1) is 0 Å². The first-order chi connectivity index (χ1) is 7.79. The van der Waals surface area contributed by atoms with Crippen molar-refractivity contribution in [3.05, 3.63) is 0 Å². The Bertz CT molecular complexity index is 255. The largest absolute Gasteiger partial charge is 0.342 e. The molecule has 0 aromatic heterocycles. The molecule has 1 aliphatic heterocycles. The van der Waals surface area contributed by atoms with Crippen LogP contribution in [0.15, 0.2) is 0 Å². The van der Waals surface area contributed by atoms with Crippen LogP contribution in [0.1, 0.15) is 47.5 Å². The summed E-state index contributed by atoms with van der Waals surface area (Å²) in [5.41, 5.74) is 0.171. The number of rotatable bonds is 3. The fraction of sp³-hybridized carbons (Fsp3) is 0.929. The highest BCUT2D eigenvalue weighted by Gasteiger charge is 2.25. The van der Waals surface area contributed by atoms with Gasteiger partial charge < -0.3 is 10.2 Å². The lowest BCUT2D eigenvalue weighted by Crippen LogP contribution is -2.47. The Morgan fingerprint density at radius 3 is 2.59 bits per heavy atom. The summed E-state index contributed by atoms with van der Waals surface area (Å²) in [7, 11) is 0. The Balaban J connectivity index is 2.41. The van der Waals surface area contributed by atoms with Gasteiger partial charge in [-0.3, -0.25) is 4.79 Å². The van der Waals surface area contributed by atoms with E-state index in [0.717, 1.165) is 26.1 Å². The van der Waals surface area contributed by atoms with Crippen LogP contribution in [0.2, 0.25) is 0 Å². The number of amides is 1. The zero-order chi connectivity index (χ0) is 13.1. The minimum absolute atomic E-state index is 0.129. The molecule has 1 saturated heterocycles. The van der Waals surface area contributed by atoms with Crippen molar-refractivity contribution < 1.29 is 4.79 Å². The zero-order valence-electron chi connectivity index (χ0n) is 12.0. The van der Waals surface area contributed by atoms with Crippen LogP contribution in [0, 0.1) is 11.8 Å². The molecule has 1 aliphatic rings. The number of carbonyl (C=O) groups is 1. The van der Waals surface area contributed by atoms with Crippen LogP contribution in [0.25, 0.3) is 0 Å². The summed E-state index contributed by atoms with van der Waals surface area (Å²) in [5, 5.41) is 3.54. The number of piperidine rings is 1. The summed E-state index contributed by atoms with van der Waals surface area (Å²) in [6.07, 6.45) is 2.39. The number of likely N-dealkylation sites (tertiary alicyclic amines) is 1. The van der Waals surface area contributed by atoms with E-state index in [-0.39, 0.29) is 11.5 Å². The summed E-state index contributed by atoms with van der Waals surface area (Å²) in [5.74, 6) is 1.06. The summed E-state index contributed by atoms with van der Waals surface area (Å²) >= 11 is 0. The van der Waals surface area contributed by atoms with Gasteiger partial charge in [0.25, 0.3) is 0 Å².